The maximum Gasteiger partial charge on any atom is 0.418 e. The molecule has 1 atom stereocenters. The summed E-state index contributed by atoms with van der Waals surface area (Å²) in [5.41, 5.74) is -0.00815. The van der Waals surface area contributed by atoms with Crippen LogP contribution in [0.3, 0.4) is 0 Å². The average Bonchev–Trinajstić information content (AvgIpc) is 2.46. The van der Waals surface area contributed by atoms with Gasteiger partial charge in [-0.2, -0.15) is 13.2 Å². The van der Waals surface area contributed by atoms with Crippen molar-refractivity contribution in [1.82, 2.24) is 0 Å². The molecular formula is C16H11F3O. The summed E-state index contributed by atoms with van der Waals surface area (Å²) in [5.74, 6) is 0. The SMILES string of the molecule is [2H]OC(c1c2ccccc2cc2ccccc12)C(F)(F)F. The molecule has 0 radical (unpaired) electrons. The third-order valence-electron chi connectivity index (χ3n) is 3.37. The molecule has 0 saturated heterocycles. The van der Waals surface area contributed by atoms with Crippen LogP contribution in [0.2, 0.25) is 0 Å². The minimum absolute atomic E-state index is 0.00815. The lowest BCUT2D eigenvalue weighted by atomic mass is 9.93. The number of aliphatic hydroxyl groups excluding tert-OH is 1. The van der Waals surface area contributed by atoms with Gasteiger partial charge in [-0.1, -0.05) is 48.5 Å². The molecular weight excluding hydrogens is 265 g/mol. The van der Waals surface area contributed by atoms with E-state index in [0.717, 1.165) is 0 Å². The highest BCUT2D eigenvalue weighted by Crippen LogP contribution is 2.40. The van der Waals surface area contributed by atoms with E-state index in [1.165, 1.54) is 0 Å². The van der Waals surface area contributed by atoms with Crippen LogP contribution in [0.25, 0.3) is 21.5 Å². The van der Waals surface area contributed by atoms with Gasteiger partial charge < -0.3 is 5.11 Å². The number of hydrogen-bond donors (Lipinski definition) is 1. The van der Waals surface area contributed by atoms with Crippen LogP contribution in [0.5, 0.6) is 0 Å². The first-order valence-corrected chi connectivity index (χ1v) is 6.11. The smallest absolute Gasteiger partial charge is 0.379 e. The van der Waals surface area contributed by atoms with Crippen LogP contribution in [0.4, 0.5) is 13.2 Å². The number of benzene rings is 3. The van der Waals surface area contributed by atoms with Crippen LogP contribution in [-0.2, 0) is 0 Å². The van der Waals surface area contributed by atoms with Gasteiger partial charge in [0.15, 0.2) is 6.10 Å². The Morgan fingerprint density at radius 3 is 1.85 bits per heavy atom. The Balaban J connectivity index is 2.45. The molecule has 4 heteroatoms. The molecule has 3 aromatic rings. The summed E-state index contributed by atoms with van der Waals surface area (Å²) in [7, 11) is 0. The summed E-state index contributed by atoms with van der Waals surface area (Å²) in [4.78, 5) is 0. The summed E-state index contributed by atoms with van der Waals surface area (Å²) in [5, 5.41) is 6.33. The zero-order valence-electron chi connectivity index (χ0n) is 11.3. The van der Waals surface area contributed by atoms with Crippen molar-refractivity contribution in [3.8, 4) is 0 Å². The third-order valence-corrected chi connectivity index (χ3v) is 3.37. The van der Waals surface area contributed by atoms with Crippen LogP contribution >= 0.6 is 0 Å². The summed E-state index contributed by atoms with van der Waals surface area (Å²) < 4.78 is 46.5. The summed E-state index contributed by atoms with van der Waals surface area (Å²) in [6, 6.07) is 15.5. The first kappa shape index (κ1) is 11.7. The molecule has 0 bridgehead atoms. The zero-order valence-corrected chi connectivity index (χ0v) is 10.3. The molecule has 102 valence electrons. The van der Waals surface area contributed by atoms with Crippen LogP contribution < -0.4 is 0 Å². The van der Waals surface area contributed by atoms with Crippen LogP contribution in [-0.4, -0.2) is 12.7 Å². The second kappa shape index (κ2) is 4.49. The fraction of sp³-hybridized carbons (Fsp3) is 0.125. The normalized spacial score (nSPS) is 14.4. The van der Waals surface area contributed by atoms with Crippen molar-refractivity contribution in [1.29, 1.82) is 1.43 Å². The zero-order chi connectivity index (χ0) is 15.0. The summed E-state index contributed by atoms with van der Waals surface area (Å²) in [6.07, 6.45) is -6.91. The van der Waals surface area contributed by atoms with Gasteiger partial charge in [-0.25, -0.2) is 0 Å². The lowest BCUT2D eigenvalue weighted by Crippen LogP contribution is -2.20. The van der Waals surface area contributed by atoms with Gasteiger partial charge in [0.05, 0.1) is 0 Å². The molecule has 0 aliphatic heterocycles. The first-order valence-electron chi connectivity index (χ1n) is 6.52. The molecule has 0 spiro atoms. The highest BCUT2D eigenvalue weighted by molar-refractivity contribution is 6.02. The summed E-state index contributed by atoms with van der Waals surface area (Å²) in [6.45, 7) is 0. The van der Waals surface area contributed by atoms with E-state index in [4.69, 9.17) is 1.43 Å². The second-order valence-electron chi connectivity index (χ2n) is 4.65. The van der Waals surface area contributed by atoms with Gasteiger partial charge in [0.2, 0.25) is 1.43 Å². The largest absolute Gasteiger partial charge is 0.418 e. The van der Waals surface area contributed by atoms with Gasteiger partial charge in [0.25, 0.3) is 0 Å². The topological polar surface area (TPSA) is 20.2 Å². The van der Waals surface area contributed by atoms with Gasteiger partial charge >= 0.3 is 6.18 Å². The van der Waals surface area contributed by atoms with Gasteiger partial charge in [0, 0.05) is 5.56 Å². The number of alkyl halides is 3. The lowest BCUT2D eigenvalue weighted by molar-refractivity contribution is -0.205. The predicted octanol–water partition coefficient (Wildman–Crippen LogP) is 4.59. The Bertz CT molecular complexity index is 744. The molecule has 1 nitrogen and oxygen atoms in total. The minimum Gasteiger partial charge on any atom is -0.379 e. The Morgan fingerprint density at radius 1 is 0.900 bits per heavy atom. The molecule has 0 aliphatic carbocycles. The van der Waals surface area contributed by atoms with E-state index < -0.39 is 12.3 Å². The van der Waals surface area contributed by atoms with E-state index in [1.807, 2.05) is 6.07 Å². The molecule has 0 fully saturated rings. The van der Waals surface area contributed by atoms with E-state index in [1.54, 1.807) is 48.5 Å². The van der Waals surface area contributed by atoms with Crippen molar-refractivity contribution in [2.24, 2.45) is 0 Å². The van der Waals surface area contributed by atoms with Gasteiger partial charge in [-0.3, -0.25) is 0 Å². The molecule has 0 aromatic heterocycles. The van der Waals surface area contributed by atoms with Gasteiger partial charge in [-0.05, 0) is 27.6 Å². The van der Waals surface area contributed by atoms with Gasteiger partial charge in [0.1, 0.15) is 0 Å². The molecule has 0 aliphatic rings. The van der Waals surface area contributed by atoms with E-state index in [0.29, 0.717) is 21.5 Å². The van der Waals surface area contributed by atoms with Crippen LogP contribution in [0.15, 0.2) is 54.6 Å². The van der Waals surface area contributed by atoms with E-state index in [2.05, 4.69) is 5.11 Å². The first-order chi connectivity index (χ1) is 10.0. The molecule has 1 unspecified atom stereocenters. The van der Waals surface area contributed by atoms with Crippen LogP contribution in [0, 0.1) is 0 Å². The monoisotopic (exact) mass is 277 g/mol. The molecule has 0 heterocycles. The van der Waals surface area contributed by atoms with Crippen LogP contribution in [0.1, 0.15) is 11.7 Å². The number of aliphatic hydroxyl groups is 1. The Morgan fingerprint density at radius 2 is 1.40 bits per heavy atom. The van der Waals surface area contributed by atoms with Crippen molar-refractivity contribution >= 4 is 21.5 Å². The van der Waals surface area contributed by atoms with Crippen molar-refractivity contribution in [2.45, 2.75) is 12.3 Å². The highest BCUT2D eigenvalue weighted by atomic mass is 19.4. The van der Waals surface area contributed by atoms with Crippen molar-refractivity contribution in [3.05, 3.63) is 60.2 Å². The molecule has 3 aromatic carbocycles. The molecule has 1 N–H and O–H groups in total. The highest BCUT2D eigenvalue weighted by Gasteiger charge is 2.41. The standard InChI is InChI=1S/C16H11F3O/c17-16(18,19)15(20)14-12-7-3-1-5-10(12)9-11-6-2-4-8-13(11)14/h1-9,15,20H/i20D. The predicted molar refractivity (Wildman–Crippen MR) is 72.5 cm³/mol. The fourth-order valence-corrected chi connectivity index (χ4v) is 2.50. The Hall–Kier alpha value is -2.07. The Labute approximate surface area is 114 Å². The van der Waals surface area contributed by atoms with Crippen molar-refractivity contribution < 1.29 is 18.3 Å². The molecule has 20 heavy (non-hydrogen) atoms. The van der Waals surface area contributed by atoms with E-state index in [9.17, 15) is 13.2 Å². The fourth-order valence-electron chi connectivity index (χ4n) is 2.50. The quantitative estimate of drug-likeness (QED) is 0.679. The molecule has 3 rings (SSSR count). The second-order valence-corrected chi connectivity index (χ2v) is 4.65. The molecule has 0 saturated carbocycles. The third kappa shape index (κ3) is 2.02. The number of rotatable bonds is 2. The van der Waals surface area contributed by atoms with Crippen molar-refractivity contribution in [2.75, 3.05) is 0 Å². The molecule has 0 amide bonds. The van der Waals surface area contributed by atoms with E-state index >= 15 is 0 Å². The minimum atomic E-state index is -4.64. The van der Waals surface area contributed by atoms with Crippen molar-refractivity contribution in [3.63, 3.8) is 0 Å². The number of halogens is 3. The van der Waals surface area contributed by atoms with Gasteiger partial charge in [-0.15, -0.1) is 0 Å². The number of hydrogen-bond acceptors (Lipinski definition) is 1. The average molecular weight is 277 g/mol. The maximum atomic E-state index is 13.2. The Kier molecular flexibility index (Phi) is 2.63. The summed E-state index contributed by atoms with van der Waals surface area (Å²) >= 11 is 0. The number of fused-ring (bicyclic) bond motifs is 2. The maximum absolute atomic E-state index is 13.2. The van der Waals surface area contributed by atoms with E-state index in [-0.39, 0.29) is 5.56 Å². The lowest BCUT2D eigenvalue weighted by Gasteiger charge is -2.19.